The van der Waals surface area contributed by atoms with Gasteiger partial charge in [-0.25, -0.2) is 4.39 Å². The molecule has 1 aromatic rings. The zero-order valence-electron chi connectivity index (χ0n) is 10.1. The van der Waals surface area contributed by atoms with Gasteiger partial charge in [-0.05, 0) is 30.0 Å². The molecule has 17 heavy (non-hydrogen) atoms. The second-order valence-electron chi connectivity index (χ2n) is 4.60. The average Bonchev–Trinajstić information content (AvgIpc) is 2.25. The fourth-order valence-electron chi connectivity index (χ4n) is 1.69. The van der Waals surface area contributed by atoms with Crippen molar-refractivity contribution in [1.82, 2.24) is 5.32 Å². The van der Waals surface area contributed by atoms with Gasteiger partial charge in [0.15, 0.2) is 0 Å². The van der Waals surface area contributed by atoms with Gasteiger partial charge in [0.2, 0.25) is 0 Å². The second kappa shape index (κ2) is 7.20. The lowest BCUT2D eigenvalue weighted by atomic mass is 10.0. The van der Waals surface area contributed by atoms with Crippen molar-refractivity contribution in [3.8, 4) is 0 Å². The molecule has 0 amide bonds. The SMILES string of the molecule is CC(C)CC(CCl)NCc1ccc(F)cc1Cl. The summed E-state index contributed by atoms with van der Waals surface area (Å²) in [6.45, 7) is 4.93. The van der Waals surface area contributed by atoms with Gasteiger partial charge in [0.05, 0.1) is 0 Å². The molecule has 0 saturated carbocycles. The smallest absolute Gasteiger partial charge is 0.124 e. The van der Waals surface area contributed by atoms with Crippen LogP contribution in [0.15, 0.2) is 18.2 Å². The van der Waals surface area contributed by atoms with Gasteiger partial charge in [0.1, 0.15) is 5.82 Å². The summed E-state index contributed by atoms with van der Waals surface area (Å²) < 4.78 is 12.9. The van der Waals surface area contributed by atoms with Crippen LogP contribution in [0.3, 0.4) is 0 Å². The third-order valence-corrected chi connectivity index (χ3v) is 3.26. The first-order valence-corrected chi connectivity index (χ1v) is 6.67. The van der Waals surface area contributed by atoms with Crippen LogP contribution in [0.1, 0.15) is 25.8 Å². The molecule has 1 N–H and O–H groups in total. The van der Waals surface area contributed by atoms with Crippen LogP contribution in [0.2, 0.25) is 5.02 Å². The molecule has 1 nitrogen and oxygen atoms in total. The van der Waals surface area contributed by atoms with E-state index in [-0.39, 0.29) is 11.9 Å². The fraction of sp³-hybridized carbons (Fsp3) is 0.538. The molecule has 0 aliphatic rings. The monoisotopic (exact) mass is 277 g/mol. The highest BCUT2D eigenvalue weighted by molar-refractivity contribution is 6.31. The minimum Gasteiger partial charge on any atom is -0.309 e. The molecule has 0 spiro atoms. The summed E-state index contributed by atoms with van der Waals surface area (Å²) in [5.41, 5.74) is 0.895. The zero-order chi connectivity index (χ0) is 12.8. The Morgan fingerprint density at radius 1 is 1.35 bits per heavy atom. The minimum absolute atomic E-state index is 0.262. The van der Waals surface area contributed by atoms with Crippen molar-refractivity contribution in [2.24, 2.45) is 5.92 Å². The van der Waals surface area contributed by atoms with E-state index < -0.39 is 0 Å². The first-order chi connectivity index (χ1) is 8.02. The molecule has 4 heteroatoms. The van der Waals surface area contributed by atoms with E-state index in [1.54, 1.807) is 6.07 Å². The van der Waals surface area contributed by atoms with Crippen molar-refractivity contribution in [2.45, 2.75) is 32.9 Å². The maximum atomic E-state index is 12.9. The summed E-state index contributed by atoms with van der Waals surface area (Å²) >= 11 is 11.8. The molecule has 96 valence electrons. The van der Waals surface area contributed by atoms with Gasteiger partial charge >= 0.3 is 0 Å². The van der Waals surface area contributed by atoms with Crippen LogP contribution in [-0.2, 0) is 6.54 Å². The topological polar surface area (TPSA) is 12.0 Å². The number of halogens is 3. The zero-order valence-corrected chi connectivity index (χ0v) is 11.7. The third kappa shape index (κ3) is 5.24. The van der Waals surface area contributed by atoms with Crippen molar-refractivity contribution in [2.75, 3.05) is 5.88 Å². The standard InChI is InChI=1S/C13H18Cl2FN/c1-9(2)5-12(7-14)17-8-10-3-4-11(16)6-13(10)15/h3-4,6,9,12,17H,5,7-8H2,1-2H3. The lowest BCUT2D eigenvalue weighted by Gasteiger charge is -2.18. The molecule has 1 unspecified atom stereocenters. The normalized spacial score (nSPS) is 13.1. The highest BCUT2D eigenvalue weighted by Gasteiger charge is 2.10. The number of rotatable bonds is 6. The fourth-order valence-corrected chi connectivity index (χ4v) is 2.16. The van der Waals surface area contributed by atoms with Gasteiger partial charge in [-0.3, -0.25) is 0 Å². The van der Waals surface area contributed by atoms with E-state index in [1.165, 1.54) is 12.1 Å². The molecular formula is C13H18Cl2FN. The summed E-state index contributed by atoms with van der Waals surface area (Å²) in [6, 6.07) is 4.71. The van der Waals surface area contributed by atoms with Crippen LogP contribution >= 0.6 is 23.2 Å². The summed E-state index contributed by atoms with van der Waals surface area (Å²) in [4.78, 5) is 0. The van der Waals surface area contributed by atoms with E-state index in [1.807, 2.05) is 0 Å². The van der Waals surface area contributed by atoms with Crippen LogP contribution in [0.4, 0.5) is 4.39 Å². The van der Waals surface area contributed by atoms with E-state index in [4.69, 9.17) is 23.2 Å². The molecule has 0 saturated heterocycles. The molecular weight excluding hydrogens is 260 g/mol. The Kier molecular flexibility index (Phi) is 6.24. The van der Waals surface area contributed by atoms with Gasteiger partial charge in [0.25, 0.3) is 0 Å². The lowest BCUT2D eigenvalue weighted by Crippen LogP contribution is -2.31. The van der Waals surface area contributed by atoms with Crippen LogP contribution in [0, 0.1) is 11.7 Å². The predicted octanol–water partition coefficient (Wildman–Crippen LogP) is 4.22. The Balaban J connectivity index is 2.53. The molecule has 0 radical (unpaired) electrons. The van der Waals surface area contributed by atoms with Gasteiger partial charge in [0, 0.05) is 23.5 Å². The predicted molar refractivity (Wildman–Crippen MR) is 72.2 cm³/mol. The molecule has 0 fully saturated rings. The average molecular weight is 278 g/mol. The van der Waals surface area contributed by atoms with Crippen LogP contribution in [0.25, 0.3) is 0 Å². The summed E-state index contributed by atoms with van der Waals surface area (Å²) in [5, 5.41) is 3.79. The third-order valence-electron chi connectivity index (χ3n) is 2.54. The summed E-state index contributed by atoms with van der Waals surface area (Å²) in [6.07, 6.45) is 1.02. The molecule has 0 bridgehead atoms. The largest absolute Gasteiger partial charge is 0.309 e. The Morgan fingerprint density at radius 2 is 2.06 bits per heavy atom. The van der Waals surface area contributed by atoms with Crippen molar-refractivity contribution >= 4 is 23.2 Å². The Hall–Kier alpha value is -0.310. The van der Waals surface area contributed by atoms with E-state index >= 15 is 0 Å². The van der Waals surface area contributed by atoms with Gasteiger partial charge in [-0.15, -0.1) is 11.6 Å². The summed E-state index contributed by atoms with van der Waals surface area (Å²) in [7, 11) is 0. The van der Waals surface area contributed by atoms with Gasteiger partial charge in [-0.1, -0.05) is 31.5 Å². The van der Waals surface area contributed by atoms with E-state index in [2.05, 4.69) is 19.2 Å². The van der Waals surface area contributed by atoms with E-state index in [0.717, 1.165) is 12.0 Å². The first-order valence-electron chi connectivity index (χ1n) is 5.76. The summed E-state index contributed by atoms with van der Waals surface area (Å²) in [5.74, 6) is 0.849. The Morgan fingerprint density at radius 3 is 2.59 bits per heavy atom. The molecule has 0 aliphatic carbocycles. The second-order valence-corrected chi connectivity index (χ2v) is 5.31. The van der Waals surface area contributed by atoms with Crippen molar-refractivity contribution in [3.05, 3.63) is 34.6 Å². The molecule has 1 rings (SSSR count). The van der Waals surface area contributed by atoms with Crippen molar-refractivity contribution < 1.29 is 4.39 Å². The van der Waals surface area contributed by atoms with Crippen LogP contribution in [0.5, 0.6) is 0 Å². The number of nitrogens with one attached hydrogen (secondary N) is 1. The van der Waals surface area contributed by atoms with Gasteiger partial charge in [-0.2, -0.15) is 0 Å². The first kappa shape index (κ1) is 14.7. The Labute approximate surface area is 112 Å². The maximum absolute atomic E-state index is 12.9. The van der Waals surface area contributed by atoms with Gasteiger partial charge < -0.3 is 5.32 Å². The van der Waals surface area contributed by atoms with E-state index in [0.29, 0.717) is 23.4 Å². The number of benzene rings is 1. The van der Waals surface area contributed by atoms with Crippen LogP contribution < -0.4 is 5.32 Å². The minimum atomic E-state index is -0.310. The maximum Gasteiger partial charge on any atom is 0.124 e. The van der Waals surface area contributed by atoms with Crippen LogP contribution in [-0.4, -0.2) is 11.9 Å². The quantitative estimate of drug-likeness (QED) is 0.768. The van der Waals surface area contributed by atoms with Crippen molar-refractivity contribution in [1.29, 1.82) is 0 Å². The molecule has 0 aliphatic heterocycles. The number of hydrogen-bond acceptors (Lipinski definition) is 1. The van der Waals surface area contributed by atoms with E-state index in [9.17, 15) is 4.39 Å². The molecule has 1 atom stereocenters. The highest BCUT2D eigenvalue weighted by Crippen LogP contribution is 2.17. The number of hydrogen-bond donors (Lipinski definition) is 1. The van der Waals surface area contributed by atoms with Crippen molar-refractivity contribution in [3.63, 3.8) is 0 Å². The molecule has 0 heterocycles. The highest BCUT2D eigenvalue weighted by atomic mass is 35.5. The lowest BCUT2D eigenvalue weighted by molar-refractivity contribution is 0.445. The Bertz CT molecular complexity index is 355. The molecule has 1 aromatic carbocycles. The number of alkyl halides is 1. The molecule has 0 aromatic heterocycles.